The van der Waals surface area contributed by atoms with E-state index >= 15 is 0 Å². The molecule has 1 aromatic carbocycles. The van der Waals surface area contributed by atoms with Crippen molar-refractivity contribution < 1.29 is 0 Å². The van der Waals surface area contributed by atoms with Crippen molar-refractivity contribution in [2.75, 3.05) is 6.54 Å². The van der Waals surface area contributed by atoms with E-state index in [9.17, 15) is 0 Å². The number of hydrogen-bond donors (Lipinski definition) is 2. The Bertz CT molecular complexity index is 455. The van der Waals surface area contributed by atoms with Gasteiger partial charge in [-0.2, -0.15) is 0 Å². The van der Waals surface area contributed by atoms with Crippen LogP contribution in [0.1, 0.15) is 12.5 Å². The lowest BCUT2D eigenvalue weighted by molar-refractivity contribution is 0.822. The molecule has 3 N–H and O–H groups in total. The van der Waals surface area contributed by atoms with Crippen LogP contribution in [0.5, 0.6) is 0 Å². The lowest BCUT2D eigenvalue weighted by atomic mass is 9.89. The van der Waals surface area contributed by atoms with Crippen LogP contribution in [-0.2, 0) is 0 Å². The molecule has 0 bridgehead atoms. The number of hydrogen-bond acceptors (Lipinski definition) is 2. The van der Waals surface area contributed by atoms with Crippen molar-refractivity contribution in [2.24, 2.45) is 11.7 Å². The Morgan fingerprint density at radius 3 is 2.56 bits per heavy atom. The molecule has 2 nitrogen and oxygen atoms in total. The minimum absolute atomic E-state index is 0.0754. The molecule has 0 saturated carbocycles. The van der Waals surface area contributed by atoms with Crippen molar-refractivity contribution in [3.8, 4) is 0 Å². The molecule has 1 atom stereocenters. The van der Waals surface area contributed by atoms with Gasteiger partial charge in [0, 0.05) is 18.2 Å². The predicted molar refractivity (Wildman–Crippen MR) is 78.9 cm³/mol. The highest BCUT2D eigenvalue weighted by molar-refractivity contribution is 6.02. The van der Waals surface area contributed by atoms with Crippen molar-refractivity contribution in [3.05, 3.63) is 72.4 Å². The average Bonchev–Trinajstić information content (AvgIpc) is 2.43. The van der Waals surface area contributed by atoms with Crippen molar-refractivity contribution in [1.82, 2.24) is 0 Å². The summed E-state index contributed by atoms with van der Waals surface area (Å²) in [7, 11) is 0. The summed E-state index contributed by atoms with van der Waals surface area (Å²) in [6.07, 6.45) is 7.55. The summed E-state index contributed by atoms with van der Waals surface area (Å²) in [5.74, 6) is -0.0754. The zero-order valence-electron chi connectivity index (χ0n) is 10.8. The maximum atomic E-state index is 8.28. The van der Waals surface area contributed by atoms with Crippen LogP contribution in [0.2, 0.25) is 0 Å². The molecule has 0 fully saturated rings. The Morgan fingerprint density at radius 1 is 1.39 bits per heavy atom. The van der Waals surface area contributed by atoms with Crippen LogP contribution in [0.15, 0.2) is 66.8 Å². The van der Waals surface area contributed by atoms with E-state index in [1.54, 1.807) is 6.08 Å². The number of nitrogens with two attached hydrogens (primary N) is 1. The Kier molecular flexibility index (Phi) is 5.81. The molecule has 1 aromatic rings. The highest BCUT2D eigenvalue weighted by Crippen LogP contribution is 2.17. The molecule has 0 aliphatic rings. The van der Waals surface area contributed by atoms with Crippen LogP contribution in [-0.4, -0.2) is 12.3 Å². The lowest BCUT2D eigenvalue weighted by Crippen LogP contribution is -2.25. The van der Waals surface area contributed by atoms with E-state index in [0.717, 1.165) is 11.1 Å². The van der Waals surface area contributed by atoms with Gasteiger partial charge in [-0.05, 0) is 18.1 Å². The van der Waals surface area contributed by atoms with Gasteiger partial charge >= 0.3 is 0 Å². The normalized spacial score (nSPS) is 13.6. The summed E-state index contributed by atoms with van der Waals surface area (Å²) < 4.78 is 0. The third kappa shape index (κ3) is 3.54. The lowest BCUT2D eigenvalue weighted by Gasteiger charge is -2.17. The fourth-order valence-electron chi connectivity index (χ4n) is 1.83. The third-order valence-electron chi connectivity index (χ3n) is 2.83. The zero-order valence-corrected chi connectivity index (χ0v) is 10.8. The van der Waals surface area contributed by atoms with E-state index in [1.165, 1.54) is 0 Å². The van der Waals surface area contributed by atoms with Gasteiger partial charge in [-0.15, -0.1) is 0 Å². The Labute approximate surface area is 109 Å². The van der Waals surface area contributed by atoms with Crippen LogP contribution >= 0.6 is 0 Å². The molecule has 0 amide bonds. The molecule has 0 aliphatic carbocycles. The molecule has 18 heavy (non-hydrogen) atoms. The van der Waals surface area contributed by atoms with Crippen LogP contribution in [0.3, 0.4) is 0 Å². The van der Waals surface area contributed by atoms with Gasteiger partial charge in [-0.25, -0.2) is 0 Å². The molecule has 0 aliphatic heterocycles. The van der Waals surface area contributed by atoms with Crippen LogP contribution < -0.4 is 5.73 Å². The molecular formula is C16H20N2. The second-order valence-corrected chi connectivity index (χ2v) is 3.95. The van der Waals surface area contributed by atoms with Crippen molar-refractivity contribution in [1.29, 1.82) is 5.41 Å². The number of rotatable bonds is 6. The van der Waals surface area contributed by atoms with Crippen molar-refractivity contribution in [3.63, 3.8) is 0 Å². The van der Waals surface area contributed by atoms with Gasteiger partial charge < -0.3 is 11.1 Å². The van der Waals surface area contributed by atoms with Crippen LogP contribution in [0.25, 0.3) is 0 Å². The summed E-state index contributed by atoms with van der Waals surface area (Å²) >= 11 is 0. The second kappa shape index (κ2) is 7.41. The number of nitrogens with one attached hydrogen (secondary N) is 1. The first-order valence-corrected chi connectivity index (χ1v) is 6.03. The van der Waals surface area contributed by atoms with Gasteiger partial charge in [0.05, 0.1) is 0 Å². The Hall–Kier alpha value is -1.93. The SMILES string of the molecule is C=C/C=C\C(=C/C)C(CN)C(=N)c1ccccc1. The standard InChI is InChI=1S/C16H20N2/c1-3-5-9-13(4-2)15(12-17)16(18)14-10-7-6-8-11-14/h3-11,15,18H,1,12,17H2,2H3/b9-5-,13-4+,18-16?. The smallest absolute Gasteiger partial charge is 0.0473 e. The molecule has 1 rings (SSSR count). The van der Waals surface area contributed by atoms with Gasteiger partial charge in [-0.3, -0.25) is 0 Å². The van der Waals surface area contributed by atoms with E-state index in [0.29, 0.717) is 12.3 Å². The molecule has 0 radical (unpaired) electrons. The monoisotopic (exact) mass is 240 g/mol. The van der Waals surface area contributed by atoms with Gasteiger partial charge in [-0.1, -0.05) is 61.2 Å². The molecular weight excluding hydrogens is 220 g/mol. The summed E-state index contributed by atoms with van der Waals surface area (Å²) in [5.41, 5.74) is 8.34. The molecule has 0 aromatic heterocycles. The van der Waals surface area contributed by atoms with Crippen LogP contribution in [0.4, 0.5) is 0 Å². The maximum Gasteiger partial charge on any atom is 0.0473 e. The Balaban J connectivity index is 2.99. The molecule has 94 valence electrons. The van der Waals surface area contributed by atoms with Crippen molar-refractivity contribution in [2.45, 2.75) is 6.92 Å². The first kappa shape index (κ1) is 14.1. The fraction of sp³-hybridized carbons (Fsp3) is 0.188. The van der Waals surface area contributed by atoms with Gasteiger partial charge in [0.15, 0.2) is 0 Å². The molecule has 1 unspecified atom stereocenters. The number of benzene rings is 1. The minimum atomic E-state index is -0.0754. The highest BCUT2D eigenvalue weighted by Gasteiger charge is 2.16. The average molecular weight is 240 g/mol. The summed E-state index contributed by atoms with van der Waals surface area (Å²) in [6, 6.07) is 9.70. The van der Waals surface area contributed by atoms with E-state index in [-0.39, 0.29) is 5.92 Å². The summed E-state index contributed by atoms with van der Waals surface area (Å²) in [4.78, 5) is 0. The molecule has 0 saturated heterocycles. The topological polar surface area (TPSA) is 49.9 Å². The maximum absolute atomic E-state index is 8.28. The third-order valence-corrected chi connectivity index (χ3v) is 2.83. The van der Waals surface area contributed by atoms with E-state index in [1.807, 2.05) is 55.5 Å². The largest absolute Gasteiger partial charge is 0.329 e. The number of allylic oxidation sites excluding steroid dienone is 4. The highest BCUT2D eigenvalue weighted by atomic mass is 14.6. The van der Waals surface area contributed by atoms with Gasteiger partial charge in [0.25, 0.3) is 0 Å². The van der Waals surface area contributed by atoms with Crippen molar-refractivity contribution >= 4 is 5.71 Å². The van der Waals surface area contributed by atoms with Gasteiger partial charge in [0.1, 0.15) is 0 Å². The summed E-state index contributed by atoms with van der Waals surface area (Å²) in [5, 5.41) is 8.28. The second-order valence-electron chi connectivity index (χ2n) is 3.95. The van der Waals surface area contributed by atoms with E-state index in [4.69, 9.17) is 11.1 Å². The van der Waals surface area contributed by atoms with Gasteiger partial charge in [0.2, 0.25) is 0 Å². The fourth-order valence-corrected chi connectivity index (χ4v) is 1.83. The summed E-state index contributed by atoms with van der Waals surface area (Å²) in [6.45, 7) is 6.04. The first-order chi connectivity index (χ1) is 8.74. The van der Waals surface area contributed by atoms with E-state index in [2.05, 4.69) is 6.58 Å². The quantitative estimate of drug-likeness (QED) is 0.581. The molecule has 0 spiro atoms. The zero-order chi connectivity index (χ0) is 13.4. The van der Waals surface area contributed by atoms with E-state index < -0.39 is 0 Å². The minimum Gasteiger partial charge on any atom is -0.329 e. The first-order valence-electron chi connectivity index (χ1n) is 6.03. The Morgan fingerprint density at radius 2 is 2.06 bits per heavy atom. The molecule has 0 heterocycles. The molecule has 2 heteroatoms. The predicted octanol–water partition coefficient (Wildman–Crippen LogP) is 3.32. The van der Waals surface area contributed by atoms with Crippen LogP contribution in [0, 0.1) is 11.3 Å².